The molecule has 1 aromatic heterocycles. The monoisotopic (exact) mass is 248 g/mol. The lowest BCUT2D eigenvalue weighted by Crippen LogP contribution is -2.28. The Morgan fingerprint density at radius 2 is 2.39 bits per heavy atom. The van der Waals surface area contributed by atoms with Crippen molar-refractivity contribution in [3.05, 3.63) is 17.0 Å². The average Bonchev–Trinajstić information content (AvgIpc) is 3.11. The number of amides is 1. The van der Waals surface area contributed by atoms with Crippen LogP contribution >= 0.6 is 0 Å². The minimum Gasteiger partial charge on any atom is -0.351 e. The van der Waals surface area contributed by atoms with E-state index in [1.807, 2.05) is 6.92 Å². The van der Waals surface area contributed by atoms with Crippen molar-refractivity contribution < 1.29 is 4.79 Å². The van der Waals surface area contributed by atoms with Crippen molar-refractivity contribution in [3.63, 3.8) is 0 Å². The van der Waals surface area contributed by atoms with Gasteiger partial charge >= 0.3 is 0 Å². The minimum atomic E-state index is -0.0352. The third-order valence-corrected chi connectivity index (χ3v) is 3.69. The number of fused-ring (bicyclic) bond motifs is 1. The third kappa shape index (κ3) is 2.14. The summed E-state index contributed by atoms with van der Waals surface area (Å²) >= 11 is 0. The predicted molar refractivity (Wildman–Crippen MR) is 68.4 cm³/mol. The van der Waals surface area contributed by atoms with E-state index in [0.29, 0.717) is 12.2 Å². The lowest BCUT2D eigenvalue weighted by Gasteiger charge is -2.15. The van der Waals surface area contributed by atoms with Crippen LogP contribution in [0.3, 0.4) is 0 Å². The molecule has 1 aliphatic carbocycles. The number of carbonyl (C=O) groups excluding carboxylic acids is 1. The number of aromatic nitrogens is 2. The Bertz CT molecular complexity index is 462. The molecular formula is C13H20N4O. The summed E-state index contributed by atoms with van der Waals surface area (Å²) in [6, 6.07) is 0. The first-order chi connectivity index (χ1) is 8.79. The van der Waals surface area contributed by atoms with Gasteiger partial charge in [-0.1, -0.05) is 0 Å². The van der Waals surface area contributed by atoms with Crippen LogP contribution in [0.25, 0.3) is 0 Å². The summed E-state index contributed by atoms with van der Waals surface area (Å²) in [7, 11) is 0. The molecule has 3 rings (SSSR count). The third-order valence-electron chi connectivity index (χ3n) is 3.69. The smallest absolute Gasteiger partial charge is 0.272 e. The van der Waals surface area contributed by atoms with Crippen molar-refractivity contribution in [1.82, 2.24) is 20.4 Å². The zero-order chi connectivity index (χ0) is 12.5. The molecule has 1 amide bonds. The Kier molecular flexibility index (Phi) is 3.07. The quantitative estimate of drug-likeness (QED) is 0.824. The van der Waals surface area contributed by atoms with E-state index < -0.39 is 0 Å². The maximum atomic E-state index is 12.0. The van der Waals surface area contributed by atoms with Crippen LogP contribution < -0.4 is 10.6 Å². The standard InChI is InChI=1S/C13H20N4O/c1-2-15-13(18)12-10-7-14-6-5-11(10)17(16-12)8-9-3-4-9/h9,14H,2-8H2,1H3,(H,15,18). The fourth-order valence-corrected chi connectivity index (χ4v) is 2.54. The second kappa shape index (κ2) is 4.72. The van der Waals surface area contributed by atoms with Crippen LogP contribution in [0.5, 0.6) is 0 Å². The van der Waals surface area contributed by atoms with Crippen LogP contribution in [0.4, 0.5) is 0 Å². The first-order valence-corrected chi connectivity index (χ1v) is 6.87. The van der Waals surface area contributed by atoms with Gasteiger partial charge in [0.1, 0.15) is 0 Å². The maximum absolute atomic E-state index is 12.0. The SMILES string of the molecule is CCNC(=O)c1nn(CC2CC2)c2c1CNCC2. The van der Waals surface area contributed by atoms with Gasteiger partial charge in [0, 0.05) is 43.9 Å². The average molecular weight is 248 g/mol. The minimum absolute atomic E-state index is 0.0352. The lowest BCUT2D eigenvalue weighted by atomic mass is 10.1. The highest BCUT2D eigenvalue weighted by molar-refractivity contribution is 5.94. The number of nitrogens with one attached hydrogen (secondary N) is 2. The van der Waals surface area contributed by atoms with E-state index in [4.69, 9.17) is 0 Å². The van der Waals surface area contributed by atoms with Gasteiger partial charge in [0.2, 0.25) is 0 Å². The Balaban J connectivity index is 1.92. The van der Waals surface area contributed by atoms with Crippen LogP contribution in [0, 0.1) is 5.92 Å². The first-order valence-electron chi connectivity index (χ1n) is 6.87. The van der Waals surface area contributed by atoms with Gasteiger partial charge in [-0.15, -0.1) is 0 Å². The lowest BCUT2D eigenvalue weighted by molar-refractivity contribution is 0.0949. The summed E-state index contributed by atoms with van der Waals surface area (Å²) < 4.78 is 2.08. The van der Waals surface area contributed by atoms with Crippen molar-refractivity contribution in [3.8, 4) is 0 Å². The van der Waals surface area contributed by atoms with Gasteiger partial charge in [-0.05, 0) is 25.7 Å². The number of rotatable bonds is 4. The normalized spacial score (nSPS) is 18.5. The highest BCUT2D eigenvalue weighted by Gasteiger charge is 2.28. The zero-order valence-corrected chi connectivity index (χ0v) is 10.8. The molecule has 98 valence electrons. The van der Waals surface area contributed by atoms with Gasteiger partial charge in [0.25, 0.3) is 5.91 Å². The van der Waals surface area contributed by atoms with Crippen molar-refractivity contribution in [2.45, 2.75) is 39.3 Å². The van der Waals surface area contributed by atoms with E-state index in [2.05, 4.69) is 20.4 Å². The Morgan fingerprint density at radius 3 is 3.11 bits per heavy atom. The molecule has 1 fully saturated rings. The van der Waals surface area contributed by atoms with Gasteiger partial charge in [-0.25, -0.2) is 0 Å². The Labute approximate surface area is 107 Å². The highest BCUT2D eigenvalue weighted by Crippen LogP contribution is 2.32. The topological polar surface area (TPSA) is 59.0 Å². The molecule has 18 heavy (non-hydrogen) atoms. The van der Waals surface area contributed by atoms with Crippen molar-refractivity contribution in [2.24, 2.45) is 5.92 Å². The van der Waals surface area contributed by atoms with Gasteiger partial charge in [-0.2, -0.15) is 5.10 Å². The maximum Gasteiger partial charge on any atom is 0.272 e. The Morgan fingerprint density at radius 1 is 1.56 bits per heavy atom. The summed E-state index contributed by atoms with van der Waals surface area (Å²) in [5.74, 6) is 0.748. The molecule has 0 unspecified atom stereocenters. The summed E-state index contributed by atoms with van der Waals surface area (Å²) in [4.78, 5) is 12.0. The molecule has 1 aliphatic heterocycles. The van der Waals surface area contributed by atoms with Gasteiger partial charge < -0.3 is 10.6 Å². The van der Waals surface area contributed by atoms with Crippen molar-refractivity contribution in [1.29, 1.82) is 0 Å². The summed E-state index contributed by atoms with van der Waals surface area (Å²) in [5.41, 5.74) is 2.99. The van der Waals surface area contributed by atoms with Crippen LogP contribution in [-0.2, 0) is 19.5 Å². The van der Waals surface area contributed by atoms with Crippen LogP contribution in [0.2, 0.25) is 0 Å². The first kappa shape index (κ1) is 11.7. The zero-order valence-electron chi connectivity index (χ0n) is 10.8. The number of nitrogens with zero attached hydrogens (tertiary/aromatic N) is 2. The molecular weight excluding hydrogens is 228 g/mol. The van der Waals surface area contributed by atoms with Crippen molar-refractivity contribution >= 4 is 5.91 Å². The van der Waals surface area contributed by atoms with Gasteiger partial charge in [0.05, 0.1) is 0 Å². The van der Waals surface area contributed by atoms with E-state index in [1.54, 1.807) is 0 Å². The number of carbonyl (C=O) groups is 1. The molecule has 2 heterocycles. The number of hydrogen-bond donors (Lipinski definition) is 2. The Hall–Kier alpha value is -1.36. The molecule has 2 aliphatic rings. The number of hydrogen-bond acceptors (Lipinski definition) is 3. The largest absolute Gasteiger partial charge is 0.351 e. The molecule has 1 aromatic rings. The van der Waals surface area contributed by atoms with Crippen LogP contribution in [0.15, 0.2) is 0 Å². The molecule has 2 N–H and O–H groups in total. The van der Waals surface area contributed by atoms with E-state index in [9.17, 15) is 4.79 Å². The molecule has 0 saturated heterocycles. The highest BCUT2D eigenvalue weighted by atomic mass is 16.1. The van der Waals surface area contributed by atoms with Crippen LogP contribution in [0.1, 0.15) is 41.5 Å². The van der Waals surface area contributed by atoms with Gasteiger partial charge in [0.15, 0.2) is 5.69 Å². The molecule has 0 bridgehead atoms. The molecule has 0 radical (unpaired) electrons. The van der Waals surface area contributed by atoms with E-state index in [0.717, 1.165) is 37.5 Å². The van der Waals surface area contributed by atoms with E-state index in [1.165, 1.54) is 18.5 Å². The van der Waals surface area contributed by atoms with Crippen molar-refractivity contribution in [2.75, 3.05) is 13.1 Å². The second-order valence-corrected chi connectivity index (χ2v) is 5.19. The fraction of sp³-hybridized carbons (Fsp3) is 0.692. The van der Waals surface area contributed by atoms with Crippen LogP contribution in [-0.4, -0.2) is 28.8 Å². The van der Waals surface area contributed by atoms with E-state index in [-0.39, 0.29) is 5.91 Å². The molecule has 0 atom stereocenters. The van der Waals surface area contributed by atoms with E-state index >= 15 is 0 Å². The second-order valence-electron chi connectivity index (χ2n) is 5.19. The summed E-state index contributed by atoms with van der Waals surface area (Å²) in [5, 5.41) is 10.7. The summed E-state index contributed by atoms with van der Waals surface area (Å²) in [6.45, 7) is 5.33. The fourth-order valence-electron chi connectivity index (χ4n) is 2.54. The molecule has 5 heteroatoms. The molecule has 5 nitrogen and oxygen atoms in total. The molecule has 0 aromatic carbocycles. The molecule has 0 spiro atoms. The molecule has 1 saturated carbocycles. The summed E-state index contributed by atoms with van der Waals surface area (Å²) in [6.07, 6.45) is 3.60. The van der Waals surface area contributed by atoms with Gasteiger partial charge in [-0.3, -0.25) is 9.48 Å². The predicted octanol–water partition coefficient (Wildman–Crippen LogP) is 0.688.